The van der Waals surface area contributed by atoms with Gasteiger partial charge < -0.3 is 15.4 Å². The summed E-state index contributed by atoms with van der Waals surface area (Å²) in [4.78, 5) is 8.91. The van der Waals surface area contributed by atoms with E-state index in [1.165, 1.54) is 0 Å². The third-order valence-corrected chi connectivity index (χ3v) is 3.01. The van der Waals surface area contributed by atoms with Gasteiger partial charge in [-0.2, -0.15) is 4.98 Å². The summed E-state index contributed by atoms with van der Waals surface area (Å²) in [7, 11) is 1.65. The smallest absolute Gasteiger partial charge is 0.229 e. The first-order valence-electron chi connectivity index (χ1n) is 7.13. The topological polar surface area (TPSA) is 59.1 Å². The minimum atomic E-state index is 0.567. The quantitative estimate of drug-likeness (QED) is 0.848. The highest BCUT2D eigenvalue weighted by Crippen LogP contribution is 2.27. The van der Waals surface area contributed by atoms with E-state index in [1.807, 2.05) is 38.1 Å². The zero-order valence-electron chi connectivity index (χ0n) is 13.0. The Hall–Kier alpha value is -2.30. The van der Waals surface area contributed by atoms with Crippen LogP contribution in [0.25, 0.3) is 0 Å². The summed E-state index contributed by atoms with van der Waals surface area (Å²) in [5.41, 5.74) is 2.93. The Bertz CT molecular complexity index is 613. The molecule has 0 fully saturated rings. The van der Waals surface area contributed by atoms with E-state index in [4.69, 9.17) is 4.74 Å². The number of benzene rings is 1. The van der Waals surface area contributed by atoms with Crippen molar-refractivity contribution in [2.75, 3.05) is 24.3 Å². The maximum absolute atomic E-state index is 5.36. The molecule has 1 aromatic heterocycles. The maximum Gasteiger partial charge on any atom is 0.229 e. The van der Waals surface area contributed by atoms with Crippen LogP contribution in [0.2, 0.25) is 0 Å². The zero-order valence-corrected chi connectivity index (χ0v) is 13.0. The number of ether oxygens (including phenoxy) is 1. The van der Waals surface area contributed by atoms with Crippen LogP contribution in [0.15, 0.2) is 24.3 Å². The summed E-state index contributed by atoms with van der Waals surface area (Å²) in [6.45, 7) is 7.01. The molecule has 0 aliphatic heterocycles. The Balaban J connectivity index is 2.26. The fourth-order valence-electron chi connectivity index (χ4n) is 2.01. The molecule has 0 spiro atoms. The van der Waals surface area contributed by atoms with Gasteiger partial charge in [0.25, 0.3) is 0 Å². The van der Waals surface area contributed by atoms with Crippen molar-refractivity contribution < 1.29 is 4.74 Å². The van der Waals surface area contributed by atoms with E-state index >= 15 is 0 Å². The van der Waals surface area contributed by atoms with E-state index in [2.05, 4.69) is 27.5 Å². The molecule has 0 aliphatic rings. The molecule has 0 saturated carbocycles. The molecule has 0 bridgehead atoms. The molecule has 0 unspecified atom stereocenters. The number of nitrogens with zero attached hydrogens (tertiary/aromatic N) is 2. The van der Waals surface area contributed by atoms with Gasteiger partial charge in [0, 0.05) is 18.3 Å². The molecule has 0 aliphatic carbocycles. The molecule has 0 radical (unpaired) electrons. The number of hydrogen-bond donors (Lipinski definition) is 2. The van der Waals surface area contributed by atoms with Crippen molar-refractivity contribution in [1.82, 2.24) is 9.97 Å². The molecule has 21 heavy (non-hydrogen) atoms. The van der Waals surface area contributed by atoms with E-state index in [9.17, 15) is 0 Å². The summed E-state index contributed by atoms with van der Waals surface area (Å²) in [5, 5.41) is 6.51. The predicted octanol–water partition coefficient (Wildman–Crippen LogP) is 3.67. The van der Waals surface area contributed by atoms with Gasteiger partial charge in [0.1, 0.15) is 11.6 Å². The molecule has 1 aromatic carbocycles. The number of aromatic nitrogens is 2. The van der Waals surface area contributed by atoms with Gasteiger partial charge in [0.2, 0.25) is 5.95 Å². The molecule has 5 nitrogen and oxygen atoms in total. The molecule has 0 atom stereocenters. The molecule has 112 valence electrons. The van der Waals surface area contributed by atoms with Crippen LogP contribution in [0, 0.1) is 13.8 Å². The molecule has 1 heterocycles. The van der Waals surface area contributed by atoms with E-state index < -0.39 is 0 Å². The van der Waals surface area contributed by atoms with Crippen LogP contribution in [0.5, 0.6) is 5.75 Å². The van der Waals surface area contributed by atoms with Crippen LogP contribution >= 0.6 is 0 Å². The van der Waals surface area contributed by atoms with Crippen LogP contribution < -0.4 is 15.4 Å². The minimum Gasteiger partial charge on any atom is -0.495 e. The normalized spacial score (nSPS) is 10.3. The third-order valence-electron chi connectivity index (χ3n) is 3.01. The molecule has 5 heteroatoms. The van der Waals surface area contributed by atoms with Crippen LogP contribution in [0.4, 0.5) is 17.5 Å². The van der Waals surface area contributed by atoms with Crippen molar-refractivity contribution in [2.24, 2.45) is 0 Å². The van der Waals surface area contributed by atoms with Crippen LogP contribution in [0.3, 0.4) is 0 Å². The first-order valence-corrected chi connectivity index (χ1v) is 7.13. The summed E-state index contributed by atoms with van der Waals surface area (Å²) in [6, 6.07) is 7.90. The largest absolute Gasteiger partial charge is 0.495 e. The Morgan fingerprint density at radius 3 is 2.67 bits per heavy atom. The van der Waals surface area contributed by atoms with E-state index in [0.717, 1.165) is 41.5 Å². The van der Waals surface area contributed by atoms with Gasteiger partial charge in [-0.25, -0.2) is 4.98 Å². The lowest BCUT2D eigenvalue weighted by Gasteiger charge is -2.12. The Labute approximate surface area is 125 Å². The second-order valence-electron chi connectivity index (χ2n) is 4.97. The number of nitrogens with one attached hydrogen (secondary N) is 2. The number of aryl methyl sites for hydroxylation is 2. The van der Waals surface area contributed by atoms with Crippen molar-refractivity contribution in [3.8, 4) is 5.75 Å². The summed E-state index contributed by atoms with van der Waals surface area (Å²) >= 11 is 0. The molecule has 2 rings (SSSR count). The molecule has 2 N–H and O–H groups in total. The monoisotopic (exact) mass is 286 g/mol. The van der Waals surface area contributed by atoms with Gasteiger partial charge in [-0.15, -0.1) is 0 Å². The standard InChI is InChI=1S/C16H22N4O/c1-5-8-17-15-10-12(3)18-16(20-15)19-13-9-11(2)6-7-14(13)21-4/h6-7,9-10H,5,8H2,1-4H3,(H2,17,18,19,20). The second-order valence-corrected chi connectivity index (χ2v) is 4.97. The number of rotatable bonds is 6. The van der Waals surface area contributed by atoms with Crippen molar-refractivity contribution >= 4 is 17.5 Å². The van der Waals surface area contributed by atoms with Gasteiger partial charge in [0.15, 0.2) is 0 Å². The molecule has 0 amide bonds. The van der Waals surface area contributed by atoms with Gasteiger partial charge in [-0.1, -0.05) is 13.0 Å². The third kappa shape index (κ3) is 4.08. The Kier molecular flexibility index (Phi) is 4.98. The summed E-state index contributed by atoms with van der Waals surface area (Å²) < 4.78 is 5.36. The van der Waals surface area contributed by atoms with Crippen LogP contribution in [-0.4, -0.2) is 23.6 Å². The van der Waals surface area contributed by atoms with Crippen molar-refractivity contribution in [3.63, 3.8) is 0 Å². The fourth-order valence-corrected chi connectivity index (χ4v) is 2.01. The molecule has 2 aromatic rings. The number of hydrogen-bond acceptors (Lipinski definition) is 5. The van der Waals surface area contributed by atoms with Crippen LogP contribution in [-0.2, 0) is 0 Å². The van der Waals surface area contributed by atoms with Crippen molar-refractivity contribution in [1.29, 1.82) is 0 Å². The van der Waals surface area contributed by atoms with E-state index in [1.54, 1.807) is 7.11 Å². The van der Waals surface area contributed by atoms with Gasteiger partial charge in [0.05, 0.1) is 12.8 Å². The van der Waals surface area contributed by atoms with Gasteiger partial charge in [-0.3, -0.25) is 0 Å². The Morgan fingerprint density at radius 2 is 1.95 bits per heavy atom. The SMILES string of the molecule is CCCNc1cc(C)nc(Nc2cc(C)ccc2OC)n1. The molecular formula is C16H22N4O. The van der Waals surface area contributed by atoms with Crippen molar-refractivity contribution in [3.05, 3.63) is 35.5 Å². The first-order chi connectivity index (χ1) is 10.1. The van der Waals surface area contributed by atoms with E-state index in [0.29, 0.717) is 5.95 Å². The Morgan fingerprint density at radius 1 is 1.14 bits per heavy atom. The van der Waals surface area contributed by atoms with Crippen LogP contribution in [0.1, 0.15) is 24.6 Å². The number of methoxy groups -OCH3 is 1. The van der Waals surface area contributed by atoms with Crippen molar-refractivity contribution in [2.45, 2.75) is 27.2 Å². The second kappa shape index (κ2) is 6.92. The average Bonchev–Trinajstić information content (AvgIpc) is 2.45. The highest BCUT2D eigenvalue weighted by molar-refractivity contribution is 5.64. The lowest BCUT2D eigenvalue weighted by Crippen LogP contribution is -2.06. The first kappa shape index (κ1) is 15.1. The average molecular weight is 286 g/mol. The molecule has 0 saturated heterocycles. The number of anilines is 3. The maximum atomic E-state index is 5.36. The summed E-state index contributed by atoms with van der Waals surface area (Å²) in [6.07, 6.45) is 1.05. The molecular weight excluding hydrogens is 264 g/mol. The minimum absolute atomic E-state index is 0.567. The lowest BCUT2D eigenvalue weighted by molar-refractivity contribution is 0.416. The fraction of sp³-hybridized carbons (Fsp3) is 0.375. The highest BCUT2D eigenvalue weighted by Gasteiger charge is 2.07. The lowest BCUT2D eigenvalue weighted by atomic mass is 10.2. The predicted molar refractivity (Wildman–Crippen MR) is 86.6 cm³/mol. The van der Waals surface area contributed by atoms with Gasteiger partial charge >= 0.3 is 0 Å². The van der Waals surface area contributed by atoms with Gasteiger partial charge in [-0.05, 0) is 38.0 Å². The summed E-state index contributed by atoms with van der Waals surface area (Å²) in [5.74, 6) is 2.17. The highest BCUT2D eigenvalue weighted by atomic mass is 16.5. The van der Waals surface area contributed by atoms with E-state index in [-0.39, 0.29) is 0 Å². The zero-order chi connectivity index (χ0) is 15.2.